The van der Waals surface area contributed by atoms with E-state index in [9.17, 15) is 13.6 Å². The molecule has 0 aromatic heterocycles. The zero-order chi connectivity index (χ0) is 19.6. The van der Waals surface area contributed by atoms with Crippen LogP contribution in [0.15, 0.2) is 53.5 Å². The van der Waals surface area contributed by atoms with Crippen molar-refractivity contribution in [2.45, 2.75) is 6.61 Å². The first-order chi connectivity index (χ1) is 12.9. The molecular formula is C20H17F2N3O2. The quantitative estimate of drug-likeness (QED) is 0.545. The fraction of sp³-hybridized carbons (Fsp3) is 0.100. The number of amides is 1. The molecule has 3 aromatic carbocycles. The van der Waals surface area contributed by atoms with Crippen LogP contribution in [-0.4, -0.2) is 19.0 Å². The van der Waals surface area contributed by atoms with Gasteiger partial charge in [-0.25, -0.2) is 8.78 Å². The molecule has 0 heterocycles. The summed E-state index contributed by atoms with van der Waals surface area (Å²) in [6.07, 6.45) is 0. The highest BCUT2D eigenvalue weighted by atomic mass is 19.1. The van der Waals surface area contributed by atoms with Gasteiger partial charge in [-0.15, -0.1) is 0 Å². The van der Waals surface area contributed by atoms with Crippen molar-refractivity contribution < 1.29 is 18.3 Å². The number of ether oxygens (including phenoxy) is 1. The average Bonchev–Trinajstić information content (AvgIpc) is 2.60. The summed E-state index contributed by atoms with van der Waals surface area (Å²) in [7, 11) is 1.45. The molecular weight excluding hydrogens is 352 g/mol. The number of benzene rings is 3. The molecule has 3 aromatic rings. The second kappa shape index (κ2) is 7.51. The highest BCUT2D eigenvalue weighted by molar-refractivity contribution is 6.06. The van der Waals surface area contributed by atoms with Crippen LogP contribution in [0.2, 0.25) is 0 Å². The number of halogens is 2. The van der Waals surface area contributed by atoms with Gasteiger partial charge in [-0.1, -0.05) is 24.3 Å². The topological polar surface area (TPSA) is 90.7 Å². The molecule has 7 heteroatoms. The lowest BCUT2D eigenvalue weighted by molar-refractivity contribution is 0.100. The molecule has 0 radical (unpaired) electrons. The highest BCUT2D eigenvalue weighted by Crippen LogP contribution is 2.34. The Morgan fingerprint density at radius 3 is 2.41 bits per heavy atom. The number of guanidine groups is 1. The Balaban J connectivity index is 2.20. The maximum Gasteiger partial charge on any atom is 0.280 e. The first-order valence-electron chi connectivity index (χ1n) is 8.04. The van der Waals surface area contributed by atoms with Gasteiger partial charge in [0.25, 0.3) is 5.91 Å². The SMILES string of the molecule is COCc1cc(F)c(-c2cccc3ccc(C(=O)N=C(N)N)cc23)c(F)c1. The Morgan fingerprint density at radius 2 is 1.78 bits per heavy atom. The summed E-state index contributed by atoms with van der Waals surface area (Å²) in [6, 6.07) is 12.3. The van der Waals surface area contributed by atoms with Crippen molar-refractivity contribution in [2.75, 3.05) is 7.11 Å². The summed E-state index contributed by atoms with van der Waals surface area (Å²) in [4.78, 5) is 15.6. The molecule has 5 nitrogen and oxygen atoms in total. The van der Waals surface area contributed by atoms with Crippen molar-refractivity contribution >= 4 is 22.6 Å². The molecule has 0 unspecified atom stereocenters. The van der Waals surface area contributed by atoms with Gasteiger partial charge in [0.15, 0.2) is 5.96 Å². The number of fused-ring (bicyclic) bond motifs is 1. The molecule has 1 amide bonds. The molecule has 0 aliphatic heterocycles. The van der Waals surface area contributed by atoms with Crippen LogP contribution < -0.4 is 11.5 Å². The van der Waals surface area contributed by atoms with Gasteiger partial charge in [-0.2, -0.15) is 4.99 Å². The summed E-state index contributed by atoms with van der Waals surface area (Å²) in [5.74, 6) is -2.42. The molecule has 0 saturated heterocycles. The van der Waals surface area contributed by atoms with E-state index < -0.39 is 17.5 Å². The van der Waals surface area contributed by atoms with Crippen LogP contribution in [0.3, 0.4) is 0 Å². The normalized spacial score (nSPS) is 10.8. The van der Waals surface area contributed by atoms with E-state index in [2.05, 4.69) is 4.99 Å². The first-order valence-corrected chi connectivity index (χ1v) is 8.04. The number of hydrogen-bond acceptors (Lipinski definition) is 2. The van der Waals surface area contributed by atoms with Gasteiger partial charge in [-0.3, -0.25) is 4.79 Å². The molecule has 4 N–H and O–H groups in total. The zero-order valence-electron chi connectivity index (χ0n) is 14.5. The maximum atomic E-state index is 14.7. The van der Waals surface area contributed by atoms with Gasteiger partial charge in [0, 0.05) is 12.7 Å². The Labute approximate surface area is 154 Å². The van der Waals surface area contributed by atoms with E-state index >= 15 is 0 Å². The van der Waals surface area contributed by atoms with E-state index in [1.165, 1.54) is 25.3 Å². The van der Waals surface area contributed by atoms with E-state index in [4.69, 9.17) is 16.2 Å². The molecule has 0 atom stereocenters. The minimum atomic E-state index is -0.712. The summed E-state index contributed by atoms with van der Waals surface area (Å²) >= 11 is 0. The van der Waals surface area contributed by atoms with Crippen LogP contribution in [-0.2, 0) is 11.3 Å². The van der Waals surface area contributed by atoms with Crippen molar-refractivity contribution in [2.24, 2.45) is 16.5 Å². The molecule has 3 rings (SSSR count). The molecule has 0 bridgehead atoms. The molecule has 0 spiro atoms. The lowest BCUT2D eigenvalue weighted by Crippen LogP contribution is -2.24. The zero-order valence-corrected chi connectivity index (χ0v) is 14.5. The van der Waals surface area contributed by atoms with Crippen LogP contribution >= 0.6 is 0 Å². The molecule has 0 aliphatic rings. The number of nitrogens with two attached hydrogens (primary N) is 2. The van der Waals surface area contributed by atoms with Gasteiger partial charge >= 0.3 is 0 Å². The minimum absolute atomic E-state index is 0.0980. The van der Waals surface area contributed by atoms with Gasteiger partial charge in [-0.05, 0) is 46.2 Å². The summed E-state index contributed by atoms with van der Waals surface area (Å²) in [5, 5.41) is 1.22. The van der Waals surface area contributed by atoms with Crippen molar-refractivity contribution in [3.63, 3.8) is 0 Å². The largest absolute Gasteiger partial charge is 0.380 e. The van der Waals surface area contributed by atoms with E-state index in [1.807, 2.05) is 0 Å². The number of hydrogen-bond donors (Lipinski definition) is 2. The predicted molar refractivity (Wildman–Crippen MR) is 100 cm³/mol. The molecule has 138 valence electrons. The predicted octanol–water partition coefficient (Wildman–Crippen LogP) is 3.35. The fourth-order valence-corrected chi connectivity index (χ4v) is 2.94. The Morgan fingerprint density at radius 1 is 1.07 bits per heavy atom. The van der Waals surface area contributed by atoms with Gasteiger partial charge in [0.1, 0.15) is 11.6 Å². The Bertz CT molecular complexity index is 1040. The second-order valence-corrected chi connectivity index (χ2v) is 5.95. The van der Waals surface area contributed by atoms with E-state index in [-0.39, 0.29) is 23.7 Å². The van der Waals surface area contributed by atoms with Gasteiger partial charge < -0.3 is 16.2 Å². The van der Waals surface area contributed by atoms with E-state index in [0.29, 0.717) is 21.9 Å². The maximum absolute atomic E-state index is 14.7. The van der Waals surface area contributed by atoms with Crippen LogP contribution in [0.1, 0.15) is 15.9 Å². The number of aliphatic imine (C=N–C) groups is 1. The lowest BCUT2D eigenvalue weighted by Gasteiger charge is -2.12. The Hall–Kier alpha value is -3.32. The van der Waals surface area contributed by atoms with Crippen LogP contribution in [0.4, 0.5) is 8.78 Å². The number of nitrogens with zero attached hydrogens (tertiary/aromatic N) is 1. The first kappa shape index (κ1) is 18.5. The molecule has 27 heavy (non-hydrogen) atoms. The van der Waals surface area contributed by atoms with Crippen LogP contribution in [0.5, 0.6) is 0 Å². The van der Waals surface area contributed by atoms with Crippen LogP contribution in [0, 0.1) is 11.6 Å². The van der Waals surface area contributed by atoms with E-state index in [1.54, 1.807) is 30.3 Å². The average molecular weight is 369 g/mol. The van der Waals surface area contributed by atoms with Crippen molar-refractivity contribution in [3.05, 3.63) is 71.3 Å². The van der Waals surface area contributed by atoms with Crippen molar-refractivity contribution in [1.29, 1.82) is 0 Å². The molecule has 0 aliphatic carbocycles. The summed E-state index contributed by atoms with van der Waals surface area (Å²) < 4.78 is 34.2. The lowest BCUT2D eigenvalue weighted by atomic mass is 9.95. The molecule has 0 fully saturated rings. The number of carbonyl (C=O) groups is 1. The molecule has 0 saturated carbocycles. The second-order valence-electron chi connectivity index (χ2n) is 5.95. The number of carbonyl (C=O) groups excluding carboxylic acids is 1. The third-order valence-electron chi connectivity index (χ3n) is 4.04. The fourth-order valence-electron chi connectivity index (χ4n) is 2.94. The highest BCUT2D eigenvalue weighted by Gasteiger charge is 2.17. The monoisotopic (exact) mass is 369 g/mol. The minimum Gasteiger partial charge on any atom is -0.380 e. The number of methoxy groups -OCH3 is 1. The summed E-state index contributed by atoms with van der Waals surface area (Å²) in [6.45, 7) is 0.0980. The van der Waals surface area contributed by atoms with Gasteiger partial charge in [0.05, 0.1) is 12.2 Å². The van der Waals surface area contributed by atoms with Gasteiger partial charge in [0.2, 0.25) is 0 Å². The summed E-state index contributed by atoms with van der Waals surface area (Å²) in [5.41, 5.74) is 11.2. The van der Waals surface area contributed by atoms with E-state index in [0.717, 1.165) is 0 Å². The standard InChI is InChI=1S/C20H17F2N3O2/c1-27-10-11-7-16(21)18(17(22)8-11)14-4-2-3-12-5-6-13(9-15(12)14)19(26)25-20(23)24/h2-9H,10H2,1H3,(H4,23,24,25,26). The third-order valence-corrected chi connectivity index (χ3v) is 4.04. The number of rotatable bonds is 4. The smallest absolute Gasteiger partial charge is 0.280 e. The van der Waals surface area contributed by atoms with Crippen LogP contribution in [0.25, 0.3) is 21.9 Å². The Kier molecular flexibility index (Phi) is 5.14. The van der Waals surface area contributed by atoms with Crippen molar-refractivity contribution in [1.82, 2.24) is 0 Å². The third kappa shape index (κ3) is 3.78. The van der Waals surface area contributed by atoms with Crippen molar-refractivity contribution in [3.8, 4) is 11.1 Å².